The van der Waals surface area contributed by atoms with Crippen LogP contribution >= 0.6 is 0 Å². The van der Waals surface area contributed by atoms with Gasteiger partial charge in [-0.2, -0.15) is 0 Å². The number of nitrogens with zero attached hydrogens (tertiary/aromatic N) is 2. The van der Waals surface area contributed by atoms with Gasteiger partial charge in [0.1, 0.15) is 5.57 Å². The van der Waals surface area contributed by atoms with Gasteiger partial charge in [-0.1, -0.05) is 11.6 Å². The van der Waals surface area contributed by atoms with Gasteiger partial charge >= 0.3 is 23.9 Å². The third-order valence-corrected chi connectivity index (χ3v) is 5.32. The lowest BCUT2D eigenvalue weighted by molar-refractivity contribution is -0.149. The molecule has 0 fully saturated rings. The van der Waals surface area contributed by atoms with Crippen LogP contribution in [0.4, 0.5) is 5.69 Å². The van der Waals surface area contributed by atoms with Gasteiger partial charge in [-0.15, -0.1) is 0 Å². The highest BCUT2D eigenvalue weighted by molar-refractivity contribution is 6.19. The summed E-state index contributed by atoms with van der Waals surface area (Å²) in [5.74, 6) is -4.14. The van der Waals surface area contributed by atoms with Crippen LogP contribution in [0.15, 0.2) is 46.1 Å². The van der Waals surface area contributed by atoms with Crippen molar-refractivity contribution in [1.29, 1.82) is 0 Å². The molecule has 0 amide bonds. The first-order valence-electron chi connectivity index (χ1n) is 10.1. The molecule has 0 spiro atoms. The van der Waals surface area contributed by atoms with Crippen LogP contribution in [-0.4, -0.2) is 70.5 Å². The van der Waals surface area contributed by atoms with Gasteiger partial charge in [0, 0.05) is 6.20 Å². The number of esters is 4. The van der Waals surface area contributed by atoms with Crippen molar-refractivity contribution < 1.29 is 42.9 Å². The molecule has 2 heterocycles. The fourth-order valence-electron chi connectivity index (χ4n) is 3.87. The fourth-order valence-corrected chi connectivity index (χ4v) is 3.87. The molecule has 0 N–H and O–H groups in total. The lowest BCUT2D eigenvalue weighted by Crippen LogP contribution is -2.60. The minimum Gasteiger partial charge on any atom is -0.478 e. The molecule has 0 saturated carbocycles. The zero-order valence-corrected chi connectivity index (χ0v) is 19.6. The van der Waals surface area contributed by atoms with E-state index in [1.807, 2.05) is 6.92 Å². The molecule has 2 aliphatic rings. The summed E-state index contributed by atoms with van der Waals surface area (Å²) in [5, 5.41) is 0. The molecule has 3 rings (SSSR count). The smallest absolute Gasteiger partial charge is 0.360 e. The number of hydrogen-bond donors (Lipinski definition) is 0. The number of anilines is 1. The van der Waals surface area contributed by atoms with Gasteiger partial charge in [-0.05, 0) is 26.0 Å². The van der Waals surface area contributed by atoms with Crippen molar-refractivity contribution in [3.8, 4) is 0 Å². The maximum atomic E-state index is 13.4. The summed E-state index contributed by atoms with van der Waals surface area (Å²) in [6, 6.07) is 5.20. The number of fused-ring (bicyclic) bond motifs is 3. The van der Waals surface area contributed by atoms with Crippen LogP contribution in [0, 0.1) is 6.92 Å². The van der Waals surface area contributed by atoms with E-state index < -0.39 is 40.7 Å². The molecule has 1 aromatic rings. The third kappa shape index (κ3) is 3.58. The third-order valence-electron chi connectivity index (χ3n) is 5.32. The van der Waals surface area contributed by atoms with E-state index in [2.05, 4.69) is 4.99 Å². The number of ether oxygens (including phenoxy) is 5. The van der Waals surface area contributed by atoms with Crippen LogP contribution in [0.1, 0.15) is 18.1 Å². The summed E-state index contributed by atoms with van der Waals surface area (Å²) in [6.07, 6.45) is 1.20. The first-order chi connectivity index (χ1) is 16.2. The van der Waals surface area contributed by atoms with Crippen molar-refractivity contribution in [2.75, 3.05) is 39.9 Å². The molecule has 180 valence electrons. The molecule has 1 aromatic carbocycles. The molecular weight excluding hydrogens is 448 g/mol. The number of aliphatic imine (C=N–C) groups is 1. The van der Waals surface area contributed by atoms with Crippen molar-refractivity contribution in [1.82, 2.24) is 0 Å². The molecule has 0 saturated heterocycles. The Kier molecular flexibility index (Phi) is 6.75. The van der Waals surface area contributed by atoms with Crippen molar-refractivity contribution in [2.24, 2.45) is 4.99 Å². The molecule has 11 heteroatoms. The van der Waals surface area contributed by atoms with E-state index in [0.717, 1.165) is 34.0 Å². The largest absolute Gasteiger partial charge is 0.478 e. The molecule has 2 aliphatic heterocycles. The topological polar surface area (TPSA) is 130 Å². The van der Waals surface area contributed by atoms with Crippen LogP contribution < -0.4 is 4.90 Å². The van der Waals surface area contributed by atoms with Gasteiger partial charge in [0.05, 0.1) is 57.4 Å². The Morgan fingerprint density at radius 2 is 1.59 bits per heavy atom. The Morgan fingerprint density at radius 3 is 2.15 bits per heavy atom. The Hall–Kier alpha value is -4.15. The average Bonchev–Trinajstić information content (AvgIpc) is 2.85. The fraction of sp³-hybridized carbons (Fsp3) is 0.348. The molecule has 0 bridgehead atoms. The Bertz CT molecular complexity index is 1160. The summed E-state index contributed by atoms with van der Waals surface area (Å²) in [5.41, 5.74) is -2.04. The van der Waals surface area contributed by atoms with Crippen LogP contribution in [0.2, 0.25) is 0 Å². The normalized spacial score (nSPS) is 18.6. The summed E-state index contributed by atoms with van der Waals surface area (Å²) in [4.78, 5) is 57.9. The maximum Gasteiger partial charge on any atom is 0.360 e. The van der Waals surface area contributed by atoms with Crippen molar-refractivity contribution in [2.45, 2.75) is 19.5 Å². The van der Waals surface area contributed by atoms with Crippen molar-refractivity contribution >= 4 is 35.5 Å². The Labute approximate surface area is 195 Å². The highest BCUT2D eigenvalue weighted by Crippen LogP contribution is 2.46. The second-order valence-corrected chi connectivity index (χ2v) is 7.17. The highest BCUT2D eigenvalue weighted by Gasteiger charge is 2.60. The second-order valence-electron chi connectivity index (χ2n) is 7.17. The number of carbonyl (C=O) groups is 4. The SMILES string of the molecule is CCOC1=NC2(C(=O)OC)C(C(=O)OC)=C(C(=O)OC)C(C(=O)OC)=CN2c2ccc(C)cc21. The lowest BCUT2D eigenvalue weighted by atomic mass is 9.83. The van der Waals surface area contributed by atoms with E-state index in [4.69, 9.17) is 23.7 Å². The molecule has 0 aromatic heterocycles. The summed E-state index contributed by atoms with van der Waals surface area (Å²) < 4.78 is 25.4. The second kappa shape index (κ2) is 9.38. The number of rotatable bonds is 5. The zero-order valence-electron chi connectivity index (χ0n) is 19.6. The maximum absolute atomic E-state index is 13.4. The summed E-state index contributed by atoms with van der Waals surface area (Å²) >= 11 is 0. The number of carbonyl (C=O) groups excluding carboxylic acids is 4. The Balaban J connectivity index is 2.57. The van der Waals surface area contributed by atoms with E-state index in [0.29, 0.717) is 11.3 Å². The van der Waals surface area contributed by atoms with E-state index in [1.54, 1.807) is 25.1 Å². The standard InChI is InChI=1S/C23H24N2O9/c1-7-34-18-13-10-12(2)8-9-15(13)25-11-14(19(26)30-3)16(20(27)31-4)17(21(28)32-5)23(25,24-18)22(29)33-6/h8-11H,7H2,1-6H3. The molecule has 0 radical (unpaired) electrons. The Morgan fingerprint density at radius 1 is 0.941 bits per heavy atom. The van der Waals surface area contributed by atoms with Crippen LogP contribution in [0.3, 0.4) is 0 Å². The van der Waals surface area contributed by atoms with E-state index in [-0.39, 0.29) is 18.1 Å². The average molecular weight is 472 g/mol. The molecule has 1 atom stereocenters. The van der Waals surface area contributed by atoms with E-state index in [1.165, 1.54) is 11.1 Å². The number of methoxy groups -OCH3 is 4. The predicted octanol–water partition coefficient (Wildman–Crippen LogP) is 1.18. The summed E-state index contributed by atoms with van der Waals surface area (Å²) in [7, 11) is 4.33. The highest BCUT2D eigenvalue weighted by atomic mass is 16.5. The van der Waals surface area contributed by atoms with Crippen molar-refractivity contribution in [3.63, 3.8) is 0 Å². The lowest BCUT2D eigenvalue weighted by Gasteiger charge is -2.45. The van der Waals surface area contributed by atoms with Gasteiger partial charge in [-0.25, -0.2) is 24.2 Å². The van der Waals surface area contributed by atoms with E-state index in [9.17, 15) is 19.2 Å². The number of aryl methyl sites for hydroxylation is 1. The van der Waals surface area contributed by atoms with Gasteiger partial charge < -0.3 is 28.6 Å². The minimum absolute atomic E-state index is 0.0309. The molecular formula is C23H24N2O9. The van der Waals surface area contributed by atoms with Crippen LogP contribution in [0.25, 0.3) is 0 Å². The quantitative estimate of drug-likeness (QED) is 0.455. The number of benzene rings is 1. The van der Waals surface area contributed by atoms with Gasteiger partial charge in [-0.3, -0.25) is 0 Å². The van der Waals surface area contributed by atoms with Gasteiger partial charge in [0.15, 0.2) is 0 Å². The molecule has 0 aliphatic carbocycles. The monoisotopic (exact) mass is 472 g/mol. The predicted molar refractivity (Wildman–Crippen MR) is 118 cm³/mol. The minimum atomic E-state index is -2.30. The molecule has 1 unspecified atom stereocenters. The first-order valence-corrected chi connectivity index (χ1v) is 10.1. The van der Waals surface area contributed by atoms with Crippen LogP contribution in [-0.2, 0) is 42.9 Å². The van der Waals surface area contributed by atoms with Gasteiger partial charge in [0.25, 0.3) is 5.66 Å². The summed E-state index contributed by atoms with van der Waals surface area (Å²) in [6.45, 7) is 3.77. The first kappa shape index (κ1) is 24.5. The molecule has 34 heavy (non-hydrogen) atoms. The van der Waals surface area contributed by atoms with Crippen molar-refractivity contribution in [3.05, 3.63) is 52.2 Å². The molecule has 11 nitrogen and oxygen atoms in total. The van der Waals surface area contributed by atoms with Gasteiger partial charge in [0.2, 0.25) is 5.90 Å². The number of hydrogen-bond acceptors (Lipinski definition) is 11. The van der Waals surface area contributed by atoms with E-state index >= 15 is 0 Å². The van der Waals surface area contributed by atoms with Crippen LogP contribution in [0.5, 0.6) is 0 Å². The zero-order chi connectivity index (χ0) is 25.2.